The Morgan fingerprint density at radius 2 is 0.605 bits per heavy atom. The second-order valence-corrected chi connectivity index (χ2v) is 17.2. The predicted molar refractivity (Wildman–Crippen MR) is 136 cm³/mol. The number of halogens is 2. The van der Waals surface area contributed by atoms with Crippen molar-refractivity contribution in [1.29, 1.82) is 0 Å². The molecule has 6 N–H and O–H groups in total. The number of hydrogen-bond donors (Lipinski definition) is 6. The van der Waals surface area contributed by atoms with E-state index in [1.807, 2.05) is 0 Å². The summed E-state index contributed by atoms with van der Waals surface area (Å²) in [5.74, 6) is 0. The highest BCUT2D eigenvalue weighted by Gasteiger charge is 2.42. The zero-order valence-electron chi connectivity index (χ0n) is 16.9. The van der Waals surface area contributed by atoms with E-state index in [1.165, 1.54) is 0 Å². The van der Waals surface area contributed by atoms with Gasteiger partial charge in [0.05, 0.1) is 0 Å². The van der Waals surface area contributed by atoms with Gasteiger partial charge in [-0.15, -0.1) is 0 Å². The van der Waals surface area contributed by atoms with Gasteiger partial charge in [0, 0.05) is 18.3 Å². The Hall–Kier alpha value is -0.640. The van der Waals surface area contributed by atoms with E-state index in [0.29, 0.717) is 0 Å². The largest absolute Gasteiger partial charge is 0.297 e. The molecule has 26 heteroatoms. The lowest BCUT2D eigenvalue weighted by atomic mass is 10.1. The summed E-state index contributed by atoms with van der Waals surface area (Å²) < 4.78 is 202. The first-order chi connectivity index (χ1) is 16.5. The normalized spacial score (nSPS) is 14.0. The van der Waals surface area contributed by atoms with Gasteiger partial charge >= 0.3 is 0 Å². The summed E-state index contributed by atoms with van der Waals surface area (Å²) in [4.78, 5) is -12.5. The first-order valence-corrected chi connectivity index (χ1v) is 18.9. The van der Waals surface area contributed by atoms with Crippen LogP contribution in [0.4, 0.5) is 0 Å². The van der Waals surface area contributed by atoms with E-state index in [2.05, 4.69) is 0 Å². The Kier molecular flexibility index (Phi) is 8.85. The SMILES string of the molecule is O=S(=O)(O)c1cc(I)c(S(=O)(=O)O)c(S(=O)(=O)O)c1-c1c(S(=O)(=O)O)cc(I)c(S(=O)(=O)O)c1S(=O)(=O)O. The Labute approximate surface area is 241 Å². The van der Waals surface area contributed by atoms with Crippen LogP contribution < -0.4 is 0 Å². The van der Waals surface area contributed by atoms with Gasteiger partial charge in [0.15, 0.2) is 0 Å². The third-order valence-electron chi connectivity index (χ3n) is 4.15. The van der Waals surface area contributed by atoms with E-state index in [0.717, 1.165) is 45.2 Å². The van der Waals surface area contributed by atoms with E-state index in [4.69, 9.17) is 0 Å². The molecule has 18 nitrogen and oxygen atoms in total. The van der Waals surface area contributed by atoms with Crippen LogP contribution in [0.25, 0.3) is 11.1 Å². The lowest BCUT2D eigenvalue weighted by Crippen LogP contribution is -2.20. The molecule has 2 aromatic carbocycles. The fraction of sp³-hybridized carbons (Fsp3) is 0. The average molecular weight is 886 g/mol. The van der Waals surface area contributed by atoms with E-state index in [-0.39, 0.29) is 12.1 Å². The molecule has 2 aromatic rings. The van der Waals surface area contributed by atoms with Gasteiger partial charge in [-0.25, -0.2) is 0 Å². The molecule has 214 valence electrons. The minimum Gasteiger partial charge on any atom is -0.282 e. The quantitative estimate of drug-likeness (QED) is 0.158. The highest BCUT2D eigenvalue weighted by molar-refractivity contribution is 14.1. The molecule has 0 aliphatic rings. The molecule has 0 unspecified atom stereocenters. The molecule has 0 amide bonds. The zero-order chi connectivity index (χ0) is 30.2. The van der Waals surface area contributed by atoms with Crippen molar-refractivity contribution in [3.05, 3.63) is 19.3 Å². The summed E-state index contributed by atoms with van der Waals surface area (Å²) in [6.07, 6.45) is 0. The number of rotatable bonds is 7. The third kappa shape index (κ3) is 6.63. The maximum absolute atomic E-state index is 12.3. The lowest BCUT2D eigenvalue weighted by molar-refractivity contribution is 0.461. The van der Waals surface area contributed by atoms with Crippen LogP contribution in [0.1, 0.15) is 0 Å². The molecule has 0 spiro atoms. The third-order valence-corrected chi connectivity index (χ3v) is 12.3. The molecule has 0 aliphatic heterocycles. The van der Waals surface area contributed by atoms with Crippen molar-refractivity contribution < 1.29 is 77.8 Å². The van der Waals surface area contributed by atoms with Gasteiger partial charge in [-0.1, -0.05) is 0 Å². The van der Waals surface area contributed by atoms with Crippen molar-refractivity contribution in [3.63, 3.8) is 0 Å². The summed E-state index contributed by atoms with van der Waals surface area (Å²) in [6.45, 7) is 0. The molecular formula is C12H8I2O18S6. The summed E-state index contributed by atoms with van der Waals surface area (Å²) in [6, 6.07) is 0.0191. The van der Waals surface area contributed by atoms with Gasteiger partial charge in [-0.2, -0.15) is 50.5 Å². The molecule has 0 radical (unpaired) electrons. The highest BCUT2D eigenvalue weighted by Crippen LogP contribution is 2.47. The second-order valence-electron chi connectivity index (χ2n) is 6.63. The minimum atomic E-state index is -6.27. The molecule has 0 aliphatic carbocycles. The fourth-order valence-electron chi connectivity index (χ4n) is 3.03. The van der Waals surface area contributed by atoms with Crippen molar-refractivity contribution >= 4 is 106 Å². The summed E-state index contributed by atoms with van der Waals surface area (Å²) in [5, 5.41) is 0. The molecule has 0 heterocycles. The molecule has 38 heavy (non-hydrogen) atoms. The Balaban J connectivity index is 3.87. The van der Waals surface area contributed by atoms with Crippen molar-refractivity contribution in [2.24, 2.45) is 0 Å². The van der Waals surface area contributed by atoms with Crippen LogP contribution in [-0.4, -0.2) is 77.8 Å². The van der Waals surface area contributed by atoms with Gasteiger partial charge in [0.25, 0.3) is 60.7 Å². The number of benzene rings is 2. The maximum Gasteiger partial charge on any atom is 0.297 e. The van der Waals surface area contributed by atoms with Gasteiger partial charge in [0.1, 0.15) is 29.4 Å². The molecule has 0 bridgehead atoms. The van der Waals surface area contributed by atoms with Gasteiger partial charge in [0.2, 0.25) is 0 Å². The maximum atomic E-state index is 12.3. The molecule has 0 fully saturated rings. The zero-order valence-corrected chi connectivity index (χ0v) is 26.2. The Morgan fingerprint density at radius 3 is 0.763 bits per heavy atom. The van der Waals surface area contributed by atoms with Crippen LogP contribution in [0.5, 0.6) is 0 Å². The molecular weight excluding hydrogens is 878 g/mol. The lowest BCUT2D eigenvalue weighted by Gasteiger charge is -2.21. The van der Waals surface area contributed by atoms with E-state index in [9.17, 15) is 77.8 Å². The van der Waals surface area contributed by atoms with Crippen molar-refractivity contribution in [3.8, 4) is 11.1 Å². The molecule has 2 rings (SSSR count). The highest BCUT2D eigenvalue weighted by atomic mass is 127. The van der Waals surface area contributed by atoms with Crippen molar-refractivity contribution in [2.45, 2.75) is 29.4 Å². The monoisotopic (exact) mass is 886 g/mol. The fourth-order valence-corrected chi connectivity index (χ4v) is 12.4. The molecule has 0 aromatic heterocycles. The van der Waals surface area contributed by atoms with Crippen LogP contribution >= 0.6 is 45.2 Å². The van der Waals surface area contributed by atoms with Crippen molar-refractivity contribution in [2.75, 3.05) is 0 Å². The van der Waals surface area contributed by atoms with E-state index in [1.54, 1.807) is 0 Å². The van der Waals surface area contributed by atoms with E-state index >= 15 is 0 Å². The molecule has 0 atom stereocenters. The Bertz CT molecular complexity index is 1910. The topological polar surface area (TPSA) is 326 Å². The standard InChI is InChI=1S/C12H8I2O18S6/c13-3-1-5(33(15,16)17)7(11(37(27,28)29)9(3)35(21,22)23)8-6(34(18,19)20)2-4(14)10(36(24,25)26)12(8)38(30,31)32/h1-2H,(H,15,16,17)(H,18,19,20)(H,21,22,23)(H,24,25,26)(H,27,28,29)(H,30,31,32). The Morgan fingerprint density at radius 1 is 0.395 bits per heavy atom. The van der Waals surface area contributed by atoms with Crippen molar-refractivity contribution in [1.82, 2.24) is 0 Å². The second kappa shape index (κ2) is 10.0. The first kappa shape index (κ1) is 33.6. The minimum absolute atomic E-state index is 0.00957. The average Bonchev–Trinajstić information content (AvgIpc) is 2.61. The first-order valence-electron chi connectivity index (χ1n) is 8.10. The predicted octanol–water partition coefficient (Wildman–Crippen LogP) is 0.0430. The van der Waals surface area contributed by atoms with Crippen LogP contribution in [0.15, 0.2) is 41.5 Å². The van der Waals surface area contributed by atoms with Crippen LogP contribution in [0, 0.1) is 7.14 Å². The van der Waals surface area contributed by atoms with E-state index < -0.39 is 108 Å². The molecule has 0 saturated carbocycles. The van der Waals surface area contributed by atoms with Gasteiger partial charge in [-0.3, -0.25) is 27.3 Å². The number of hydrogen-bond acceptors (Lipinski definition) is 12. The summed E-state index contributed by atoms with van der Waals surface area (Å²) in [5.41, 5.74) is -4.35. The smallest absolute Gasteiger partial charge is 0.282 e. The van der Waals surface area contributed by atoms with Crippen LogP contribution in [0.2, 0.25) is 0 Å². The van der Waals surface area contributed by atoms with Gasteiger partial charge < -0.3 is 0 Å². The summed E-state index contributed by atoms with van der Waals surface area (Å²) in [7, 11) is -36.3. The van der Waals surface area contributed by atoms with Crippen LogP contribution in [-0.2, 0) is 60.7 Å². The summed E-state index contributed by atoms with van der Waals surface area (Å²) >= 11 is 1.73. The molecule has 0 saturated heterocycles. The van der Waals surface area contributed by atoms with Gasteiger partial charge in [-0.05, 0) is 57.3 Å². The van der Waals surface area contributed by atoms with Crippen LogP contribution in [0.3, 0.4) is 0 Å².